The number of rotatable bonds is 5. The maximum Gasteiger partial charge on any atom is 0.236 e. The van der Waals surface area contributed by atoms with Crippen molar-refractivity contribution in [1.29, 1.82) is 0 Å². The molecular weight excluding hydrogens is 392 g/mol. The Labute approximate surface area is 168 Å². The third kappa shape index (κ3) is 5.26. The van der Waals surface area contributed by atoms with Crippen LogP contribution in [0.4, 0.5) is 8.78 Å². The normalized spacial score (nSPS) is 19.9. The number of amides is 2. The van der Waals surface area contributed by atoms with E-state index in [0.29, 0.717) is 32.2 Å². The van der Waals surface area contributed by atoms with Gasteiger partial charge in [0.1, 0.15) is 11.6 Å². The molecule has 6 nitrogen and oxygen atoms in total. The van der Waals surface area contributed by atoms with Crippen LogP contribution in [0.5, 0.6) is 0 Å². The van der Waals surface area contributed by atoms with Crippen molar-refractivity contribution in [2.75, 3.05) is 32.7 Å². The summed E-state index contributed by atoms with van der Waals surface area (Å²) in [5.74, 6) is -2.32. The Hall–Kier alpha value is -2.06. The van der Waals surface area contributed by atoms with Gasteiger partial charge in [0, 0.05) is 51.1 Å². The molecule has 0 spiro atoms. The second-order valence-corrected chi connectivity index (χ2v) is 6.95. The summed E-state index contributed by atoms with van der Waals surface area (Å²) in [5.41, 5.74) is -0.202. The second kappa shape index (κ2) is 9.93. The third-order valence-corrected chi connectivity index (χ3v) is 5.11. The fourth-order valence-electron chi connectivity index (χ4n) is 3.67. The fraction of sp³-hybridized carbons (Fsp3) is 0.526. The van der Waals surface area contributed by atoms with Gasteiger partial charge in [-0.05, 0) is 25.0 Å². The van der Waals surface area contributed by atoms with E-state index in [4.69, 9.17) is 0 Å². The molecule has 1 aromatic carbocycles. The summed E-state index contributed by atoms with van der Waals surface area (Å²) < 4.78 is 26.6. The summed E-state index contributed by atoms with van der Waals surface area (Å²) in [7, 11) is 0. The quantitative estimate of drug-likeness (QED) is 0.744. The Balaban J connectivity index is 0.00000280. The molecule has 28 heavy (non-hydrogen) atoms. The fourth-order valence-corrected chi connectivity index (χ4v) is 3.67. The van der Waals surface area contributed by atoms with Gasteiger partial charge in [-0.25, -0.2) is 8.78 Å². The highest BCUT2D eigenvalue weighted by atomic mass is 35.5. The first-order valence-corrected chi connectivity index (χ1v) is 9.22. The number of nitrogens with zero attached hydrogens (tertiary/aromatic N) is 2. The maximum absolute atomic E-state index is 13.7. The van der Waals surface area contributed by atoms with Gasteiger partial charge >= 0.3 is 0 Å². The zero-order valence-electron chi connectivity index (χ0n) is 15.5. The molecule has 2 fully saturated rings. The van der Waals surface area contributed by atoms with Crippen molar-refractivity contribution in [1.82, 2.24) is 15.1 Å². The van der Waals surface area contributed by atoms with E-state index in [1.165, 1.54) is 0 Å². The summed E-state index contributed by atoms with van der Waals surface area (Å²) in [4.78, 5) is 40.2. The summed E-state index contributed by atoms with van der Waals surface area (Å²) in [6.07, 6.45) is 1.50. The second-order valence-electron chi connectivity index (χ2n) is 6.95. The number of ketones is 1. The highest BCUT2D eigenvalue weighted by Crippen LogP contribution is 2.19. The van der Waals surface area contributed by atoms with Gasteiger partial charge in [0.15, 0.2) is 5.78 Å². The summed E-state index contributed by atoms with van der Waals surface area (Å²) in [6.45, 7) is 2.75. The van der Waals surface area contributed by atoms with Gasteiger partial charge < -0.3 is 15.1 Å². The van der Waals surface area contributed by atoms with Crippen molar-refractivity contribution in [3.05, 3.63) is 35.4 Å². The molecule has 0 aliphatic carbocycles. The van der Waals surface area contributed by atoms with Crippen LogP contribution >= 0.6 is 12.4 Å². The standard InChI is InChI=1S/C19H23F2N3O3.ClH/c20-13-3-4-15(16(21)10-13)17(25)5-6-18(26)23-8-1-2-14(12-23)24-9-7-22-11-19(24)27;/h3-4,10,14,22H,1-2,5-9,11-12H2;1H. The Bertz CT molecular complexity index is 747. The molecule has 0 aromatic heterocycles. The van der Waals surface area contributed by atoms with Crippen LogP contribution in [0.3, 0.4) is 0 Å². The van der Waals surface area contributed by atoms with E-state index in [0.717, 1.165) is 31.5 Å². The number of nitrogens with one attached hydrogen (secondary N) is 1. The topological polar surface area (TPSA) is 69.7 Å². The number of halogens is 3. The number of Topliss-reactive ketones (excluding diaryl/α,β-unsaturated/α-hetero) is 1. The minimum Gasteiger partial charge on any atom is -0.341 e. The number of hydrogen-bond donors (Lipinski definition) is 1. The lowest BCUT2D eigenvalue weighted by Crippen LogP contribution is -2.57. The number of carbonyl (C=O) groups excluding carboxylic acids is 3. The number of piperazine rings is 1. The lowest BCUT2D eigenvalue weighted by Gasteiger charge is -2.41. The van der Waals surface area contributed by atoms with Crippen LogP contribution in [0, 0.1) is 11.6 Å². The van der Waals surface area contributed by atoms with Gasteiger partial charge in [0.2, 0.25) is 11.8 Å². The Morgan fingerprint density at radius 3 is 2.68 bits per heavy atom. The maximum atomic E-state index is 13.7. The molecule has 2 amide bonds. The summed E-state index contributed by atoms with van der Waals surface area (Å²) in [6, 6.07) is 2.79. The van der Waals surface area contributed by atoms with Crippen LogP contribution < -0.4 is 5.32 Å². The van der Waals surface area contributed by atoms with Crippen LogP contribution in [0.15, 0.2) is 18.2 Å². The van der Waals surface area contributed by atoms with E-state index in [-0.39, 0.29) is 48.7 Å². The zero-order valence-corrected chi connectivity index (χ0v) is 16.3. The zero-order chi connectivity index (χ0) is 19.4. The molecule has 2 heterocycles. The molecule has 154 valence electrons. The minimum absolute atomic E-state index is 0. The molecule has 1 aromatic rings. The summed E-state index contributed by atoms with van der Waals surface area (Å²) in [5, 5.41) is 3.03. The number of hydrogen-bond acceptors (Lipinski definition) is 4. The number of likely N-dealkylation sites (tertiary alicyclic amines) is 1. The SMILES string of the molecule is Cl.O=C(CCC(=O)N1CCCC(N2CCNCC2=O)C1)c1ccc(F)cc1F. The average Bonchev–Trinajstić information content (AvgIpc) is 2.66. The average molecular weight is 416 g/mol. The van der Waals surface area contributed by atoms with E-state index < -0.39 is 17.4 Å². The molecule has 3 rings (SSSR count). The molecule has 0 bridgehead atoms. The molecule has 2 saturated heterocycles. The van der Waals surface area contributed by atoms with Crippen molar-refractivity contribution in [3.63, 3.8) is 0 Å². The van der Waals surface area contributed by atoms with Gasteiger partial charge in [0.05, 0.1) is 12.1 Å². The van der Waals surface area contributed by atoms with Crippen molar-refractivity contribution < 1.29 is 23.2 Å². The molecule has 9 heteroatoms. The molecule has 0 saturated carbocycles. The first-order valence-electron chi connectivity index (χ1n) is 9.22. The van der Waals surface area contributed by atoms with Gasteiger partial charge in [0.25, 0.3) is 0 Å². The van der Waals surface area contributed by atoms with Crippen molar-refractivity contribution in [2.45, 2.75) is 31.7 Å². The van der Waals surface area contributed by atoms with E-state index >= 15 is 0 Å². The van der Waals surface area contributed by atoms with Gasteiger partial charge in [-0.15, -0.1) is 12.4 Å². The smallest absolute Gasteiger partial charge is 0.236 e. The first kappa shape index (κ1) is 22.2. The molecule has 2 aliphatic heterocycles. The van der Waals surface area contributed by atoms with Crippen LogP contribution in [0.25, 0.3) is 0 Å². The molecule has 0 radical (unpaired) electrons. The third-order valence-electron chi connectivity index (χ3n) is 5.11. The Kier molecular flexibility index (Phi) is 7.88. The molecule has 1 N–H and O–H groups in total. The van der Waals surface area contributed by atoms with E-state index in [1.807, 2.05) is 4.90 Å². The lowest BCUT2D eigenvalue weighted by molar-refractivity contribution is -0.140. The number of piperidine rings is 1. The molecular formula is C19H24ClF2N3O3. The van der Waals surface area contributed by atoms with Gasteiger partial charge in [-0.2, -0.15) is 0 Å². The predicted octanol–water partition coefficient (Wildman–Crippen LogP) is 1.77. The predicted molar refractivity (Wildman–Crippen MR) is 101 cm³/mol. The Morgan fingerprint density at radius 2 is 1.96 bits per heavy atom. The van der Waals surface area contributed by atoms with E-state index in [1.54, 1.807) is 4.90 Å². The molecule has 1 unspecified atom stereocenters. The Morgan fingerprint density at radius 1 is 1.18 bits per heavy atom. The van der Waals surface area contributed by atoms with Crippen molar-refractivity contribution >= 4 is 30.0 Å². The minimum atomic E-state index is -0.914. The van der Waals surface area contributed by atoms with Gasteiger partial charge in [-0.1, -0.05) is 0 Å². The highest BCUT2D eigenvalue weighted by molar-refractivity contribution is 5.98. The van der Waals surface area contributed by atoms with Crippen LogP contribution in [0.2, 0.25) is 0 Å². The number of benzene rings is 1. The molecule has 1 atom stereocenters. The molecule has 2 aliphatic rings. The van der Waals surface area contributed by atoms with E-state index in [2.05, 4.69) is 5.32 Å². The van der Waals surface area contributed by atoms with E-state index in [9.17, 15) is 23.2 Å². The van der Waals surface area contributed by atoms with Crippen LogP contribution in [-0.2, 0) is 9.59 Å². The largest absolute Gasteiger partial charge is 0.341 e. The first-order chi connectivity index (χ1) is 13.0. The number of carbonyl (C=O) groups is 3. The highest BCUT2D eigenvalue weighted by Gasteiger charge is 2.31. The van der Waals surface area contributed by atoms with Crippen LogP contribution in [0.1, 0.15) is 36.0 Å². The monoisotopic (exact) mass is 415 g/mol. The van der Waals surface area contributed by atoms with Crippen molar-refractivity contribution in [3.8, 4) is 0 Å². The lowest BCUT2D eigenvalue weighted by atomic mass is 10.0. The van der Waals surface area contributed by atoms with Gasteiger partial charge in [-0.3, -0.25) is 14.4 Å². The van der Waals surface area contributed by atoms with Crippen molar-refractivity contribution in [2.24, 2.45) is 0 Å². The summed E-state index contributed by atoms with van der Waals surface area (Å²) >= 11 is 0. The van der Waals surface area contributed by atoms with Crippen LogP contribution in [-0.4, -0.2) is 66.2 Å².